The number of sulfone groups is 1. The van der Waals surface area contributed by atoms with Crippen molar-refractivity contribution in [2.24, 2.45) is 7.05 Å². The second-order valence-corrected chi connectivity index (χ2v) is 10.5. The largest absolute Gasteiger partial charge is 0.490 e. The molecule has 0 bridgehead atoms. The van der Waals surface area contributed by atoms with Gasteiger partial charge in [-0.25, -0.2) is 12.8 Å². The number of rotatable bonds is 5. The van der Waals surface area contributed by atoms with E-state index < -0.39 is 15.7 Å². The highest BCUT2D eigenvalue weighted by Crippen LogP contribution is 2.38. The van der Waals surface area contributed by atoms with Crippen LogP contribution in [0, 0.1) is 5.82 Å². The minimum Gasteiger partial charge on any atom is -0.490 e. The molecule has 170 valence electrons. The van der Waals surface area contributed by atoms with E-state index in [9.17, 15) is 22.7 Å². The topological polar surface area (TPSA) is 85.6 Å². The summed E-state index contributed by atoms with van der Waals surface area (Å²) in [6, 6.07) is 8.73. The lowest BCUT2D eigenvalue weighted by atomic mass is 9.94. The molecule has 1 saturated carbocycles. The van der Waals surface area contributed by atoms with E-state index in [2.05, 4.69) is 0 Å². The number of hydrogen-bond donors (Lipinski definition) is 1. The van der Waals surface area contributed by atoms with Crippen LogP contribution in [0.15, 0.2) is 52.3 Å². The molecule has 0 aliphatic heterocycles. The first-order chi connectivity index (χ1) is 15.2. The minimum atomic E-state index is -3.48. The molecule has 2 aromatic carbocycles. The van der Waals surface area contributed by atoms with Gasteiger partial charge in [0.1, 0.15) is 11.6 Å². The standard InChI is InChI=1S/C24H26FNO5S/c1-3-32(29,30)18-9-11-23(31-17-7-5-16(27)6-8-17)20(13-18)22-14-26(2)24(28)21-12-15(25)4-10-19(21)22/h4,9-14,16-17,27H,3,5-8H2,1-2H3. The van der Waals surface area contributed by atoms with E-state index >= 15 is 0 Å². The van der Waals surface area contributed by atoms with E-state index in [1.54, 1.807) is 32.3 Å². The molecule has 0 unspecified atom stereocenters. The van der Waals surface area contributed by atoms with Crippen molar-refractivity contribution in [3.05, 3.63) is 58.8 Å². The van der Waals surface area contributed by atoms with Crippen LogP contribution in [-0.4, -0.2) is 36.1 Å². The second-order valence-electron chi connectivity index (χ2n) is 8.26. The molecular weight excluding hydrogens is 433 g/mol. The predicted molar refractivity (Wildman–Crippen MR) is 121 cm³/mol. The summed E-state index contributed by atoms with van der Waals surface area (Å²) in [6.45, 7) is 1.58. The van der Waals surface area contributed by atoms with E-state index in [1.807, 2.05) is 0 Å². The fourth-order valence-corrected chi connectivity index (χ4v) is 5.09. The Labute approximate surface area is 186 Å². The zero-order valence-corrected chi connectivity index (χ0v) is 18.9. The van der Waals surface area contributed by atoms with Gasteiger partial charge in [-0.1, -0.05) is 13.0 Å². The van der Waals surface area contributed by atoms with E-state index in [0.29, 0.717) is 47.9 Å². The summed E-state index contributed by atoms with van der Waals surface area (Å²) in [4.78, 5) is 12.8. The number of aromatic nitrogens is 1. The van der Waals surface area contributed by atoms with Gasteiger partial charge in [-0.3, -0.25) is 4.79 Å². The molecule has 32 heavy (non-hydrogen) atoms. The van der Waals surface area contributed by atoms with E-state index in [0.717, 1.165) is 0 Å². The van der Waals surface area contributed by atoms with Gasteiger partial charge in [0, 0.05) is 24.4 Å². The molecule has 1 heterocycles. The summed E-state index contributed by atoms with van der Waals surface area (Å²) >= 11 is 0. The maximum absolute atomic E-state index is 13.9. The van der Waals surface area contributed by atoms with Crippen LogP contribution in [0.2, 0.25) is 0 Å². The normalized spacial score (nSPS) is 19.2. The zero-order chi connectivity index (χ0) is 23.0. The number of pyridine rings is 1. The van der Waals surface area contributed by atoms with Crippen molar-refractivity contribution < 1.29 is 22.7 Å². The highest BCUT2D eigenvalue weighted by molar-refractivity contribution is 7.91. The van der Waals surface area contributed by atoms with Crippen molar-refractivity contribution in [1.82, 2.24) is 4.57 Å². The van der Waals surface area contributed by atoms with Crippen LogP contribution in [0.25, 0.3) is 21.9 Å². The molecule has 1 N–H and O–H groups in total. The molecule has 3 aromatic rings. The fraction of sp³-hybridized carbons (Fsp3) is 0.375. The van der Waals surface area contributed by atoms with E-state index in [-0.39, 0.29) is 33.8 Å². The van der Waals surface area contributed by atoms with Gasteiger partial charge in [0.2, 0.25) is 0 Å². The monoisotopic (exact) mass is 459 g/mol. The molecule has 0 amide bonds. The third-order valence-corrected chi connectivity index (χ3v) is 7.80. The average molecular weight is 460 g/mol. The van der Waals surface area contributed by atoms with Crippen LogP contribution in [0.1, 0.15) is 32.6 Å². The van der Waals surface area contributed by atoms with Crippen LogP contribution < -0.4 is 10.3 Å². The van der Waals surface area contributed by atoms with Gasteiger partial charge in [0.05, 0.1) is 28.2 Å². The molecule has 1 fully saturated rings. The van der Waals surface area contributed by atoms with Gasteiger partial charge < -0.3 is 14.4 Å². The fourth-order valence-electron chi connectivity index (χ4n) is 4.18. The Morgan fingerprint density at radius 2 is 1.78 bits per heavy atom. The van der Waals surface area contributed by atoms with Gasteiger partial charge in [0.15, 0.2) is 9.84 Å². The quantitative estimate of drug-likeness (QED) is 0.627. The Morgan fingerprint density at radius 3 is 2.47 bits per heavy atom. The lowest BCUT2D eigenvalue weighted by Crippen LogP contribution is -2.26. The zero-order valence-electron chi connectivity index (χ0n) is 18.0. The third kappa shape index (κ3) is 4.29. The number of halogens is 1. The lowest BCUT2D eigenvalue weighted by Gasteiger charge is -2.27. The van der Waals surface area contributed by atoms with Crippen LogP contribution in [-0.2, 0) is 16.9 Å². The predicted octanol–water partition coefficient (Wildman–Crippen LogP) is 3.82. The van der Waals surface area contributed by atoms with Crippen molar-refractivity contribution in [3.8, 4) is 16.9 Å². The third-order valence-electron chi connectivity index (χ3n) is 6.06. The number of nitrogens with zero attached hydrogens (tertiary/aromatic N) is 1. The number of aliphatic hydroxyl groups is 1. The summed E-state index contributed by atoms with van der Waals surface area (Å²) in [5, 5.41) is 10.5. The average Bonchev–Trinajstić information content (AvgIpc) is 2.78. The maximum Gasteiger partial charge on any atom is 0.258 e. The first-order valence-corrected chi connectivity index (χ1v) is 12.4. The Morgan fingerprint density at radius 1 is 1.06 bits per heavy atom. The Hall–Kier alpha value is -2.71. The van der Waals surface area contributed by atoms with Gasteiger partial charge >= 0.3 is 0 Å². The second kappa shape index (κ2) is 8.67. The molecule has 1 aliphatic rings. The maximum atomic E-state index is 13.9. The summed E-state index contributed by atoms with van der Waals surface area (Å²) in [5.41, 5.74) is 0.767. The smallest absolute Gasteiger partial charge is 0.258 e. The van der Waals surface area contributed by atoms with E-state index in [4.69, 9.17) is 4.74 Å². The Kier molecular flexibility index (Phi) is 6.09. The number of aryl methyl sites for hydroxylation is 1. The first-order valence-electron chi connectivity index (χ1n) is 10.7. The summed E-state index contributed by atoms with van der Waals surface area (Å²) in [7, 11) is -1.91. The van der Waals surface area contributed by atoms with Gasteiger partial charge in [-0.15, -0.1) is 0 Å². The van der Waals surface area contributed by atoms with Crippen molar-refractivity contribution in [2.45, 2.75) is 49.7 Å². The summed E-state index contributed by atoms with van der Waals surface area (Å²) in [6.07, 6.45) is 3.85. The molecule has 0 radical (unpaired) electrons. The molecule has 4 rings (SSSR count). The molecule has 1 aromatic heterocycles. The number of aliphatic hydroxyl groups excluding tert-OH is 1. The number of fused-ring (bicyclic) bond motifs is 1. The van der Waals surface area contributed by atoms with Gasteiger partial charge in [-0.2, -0.15) is 0 Å². The van der Waals surface area contributed by atoms with Gasteiger partial charge in [0.25, 0.3) is 5.56 Å². The Balaban J connectivity index is 1.92. The summed E-state index contributed by atoms with van der Waals surface area (Å²) in [5.74, 6) is -0.0798. The van der Waals surface area contributed by atoms with Crippen molar-refractivity contribution in [3.63, 3.8) is 0 Å². The number of ether oxygens (including phenoxy) is 1. The number of hydrogen-bond acceptors (Lipinski definition) is 5. The molecule has 0 saturated heterocycles. The molecule has 0 atom stereocenters. The summed E-state index contributed by atoms with van der Waals surface area (Å²) < 4.78 is 46.7. The number of benzene rings is 2. The van der Waals surface area contributed by atoms with Crippen molar-refractivity contribution >= 4 is 20.6 Å². The van der Waals surface area contributed by atoms with Crippen LogP contribution in [0.3, 0.4) is 0 Å². The minimum absolute atomic E-state index is 0.0492. The Bertz CT molecular complexity index is 1320. The first kappa shape index (κ1) is 22.5. The van der Waals surface area contributed by atoms with Crippen molar-refractivity contribution in [2.75, 3.05) is 5.75 Å². The lowest BCUT2D eigenvalue weighted by molar-refractivity contribution is 0.0668. The van der Waals surface area contributed by atoms with Gasteiger partial charge in [-0.05, 0) is 61.4 Å². The highest BCUT2D eigenvalue weighted by atomic mass is 32.2. The molecule has 1 aliphatic carbocycles. The van der Waals surface area contributed by atoms with E-state index in [1.165, 1.54) is 28.8 Å². The molecule has 0 spiro atoms. The van der Waals surface area contributed by atoms with Crippen LogP contribution >= 0.6 is 0 Å². The SMILES string of the molecule is CCS(=O)(=O)c1ccc(OC2CCC(O)CC2)c(-c2cn(C)c(=O)c3cc(F)ccc23)c1. The molecular formula is C24H26FNO5S. The van der Waals surface area contributed by atoms with Crippen LogP contribution in [0.4, 0.5) is 4.39 Å². The van der Waals surface area contributed by atoms with Crippen LogP contribution in [0.5, 0.6) is 5.75 Å². The molecule has 8 heteroatoms. The molecule has 6 nitrogen and oxygen atoms in total. The van der Waals surface area contributed by atoms with Crippen molar-refractivity contribution in [1.29, 1.82) is 0 Å². The highest BCUT2D eigenvalue weighted by Gasteiger charge is 2.24.